The Bertz CT molecular complexity index is 677. The third kappa shape index (κ3) is 4.39. The molecule has 1 N–H and O–H groups in total. The van der Waals surface area contributed by atoms with Crippen molar-refractivity contribution in [1.29, 1.82) is 0 Å². The Morgan fingerprint density at radius 1 is 1.37 bits per heavy atom. The van der Waals surface area contributed by atoms with Crippen LogP contribution in [0.3, 0.4) is 0 Å². The van der Waals surface area contributed by atoms with Crippen LogP contribution in [0.5, 0.6) is 0 Å². The number of ether oxygens (including phenoxy) is 1. The average molecular weight is 374 g/mol. The summed E-state index contributed by atoms with van der Waals surface area (Å²) in [5.74, 6) is 0.974. The third-order valence-corrected chi connectivity index (χ3v) is 5.77. The van der Waals surface area contributed by atoms with Gasteiger partial charge >= 0.3 is 5.97 Å². The predicted octanol–water partition coefficient (Wildman–Crippen LogP) is 4.41. The van der Waals surface area contributed by atoms with Crippen LogP contribution in [-0.2, 0) is 16.0 Å². The number of rotatable bonds is 8. The van der Waals surface area contributed by atoms with Gasteiger partial charge < -0.3 is 15.0 Å². The van der Waals surface area contributed by atoms with Gasteiger partial charge in [-0.3, -0.25) is 4.79 Å². The van der Waals surface area contributed by atoms with Crippen LogP contribution >= 0.6 is 0 Å². The molecule has 1 aromatic heterocycles. The fourth-order valence-corrected chi connectivity index (χ4v) is 4.42. The number of carbonyl (C=O) groups excluding carboxylic acids is 1. The minimum Gasteiger partial charge on any atom is -0.460 e. The van der Waals surface area contributed by atoms with E-state index in [2.05, 4.69) is 35.1 Å². The number of anilines is 2. The van der Waals surface area contributed by atoms with E-state index in [9.17, 15) is 4.79 Å². The zero-order valence-electron chi connectivity index (χ0n) is 17.6. The highest BCUT2D eigenvalue weighted by molar-refractivity contribution is 5.75. The van der Waals surface area contributed by atoms with Crippen molar-refractivity contribution < 1.29 is 9.53 Å². The number of pyridine rings is 1. The van der Waals surface area contributed by atoms with E-state index in [1.807, 2.05) is 27.0 Å². The molecule has 0 radical (unpaired) electrons. The maximum absolute atomic E-state index is 12.9. The van der Waals surface area contributed by atoms with Gasteiger partial charge in [0.15, 0.2) is 0 Å². The largest absolute Gasteiger partial charge is 0.460 e. The van der Waals surface area contributed by atoms with Gasteiger partial charge in [-0.05, 0) is 58.9 Å². The second-order valence-electron chi connectivity index (χ2n) is 9.11. The lowest BCUT2D eigenvalue weighted by atomic mass is 9.85. The monoisotopic (exact) mass is 373 g/mol. The van der Waals surface area contributed by atoms with Gasteiger partial charge in [-0.25, -0.2) is 4.98 Å². The smallest absolute Gasteiger partial charge is 0.310 e. The van der Waals surface area contributed by atoms with Gasteiger partial charge in [-0.2, -0.15) is 0 Å². The van der Waals surface area contributed by atoms with Crippen molar-refractivity contribution in [3.8, 4) is 0 Å². The van der Waals surface area contributed by atoms with Crippen molar-refractivity contribution >= 4 is 17.5 Å². The summed E-state index contributed by atoms with van der Waals surface area (Å²) in [5, 5.41) is 3.38. The number of aromatic nitrogens is 1. The number of nitrogens with zero attached hydrogens (tertiary/aromatic N) is 2. The van der Waals surface area contributed by atoms with Crippen LogP contribution in [0.4, 0.5) is 11.5 Å². The molecule has 1 atom stereocenters. The molecule has 2 aliphatic rings. The number of esters is 1. The molecule has 150 valence electrons. The van der Waals surface area contributed by atoms with E-state index < -0.39 is 5.60 Å². The van der Waals surface area contributed by atoms with E-state index >= 15 is 0 Å². The third-order valence-electron chi connectivity index (χ3n) is 5.77. The molecular weight excluding hydrogens is 338 g/mol. The Labute approximate surface area is 163 Å². The molecule has 1 saturated carbocycles. The quantitative estimate of drug-likeness (QED) is 0.684. The number of carbonyl (C=O) groups is 1. The van der Waals surface area contributed by atoms with Crippen LogP contribution in [0.15, 0.2) is 12.3 Å². The lowest BCUT2D eigenvalue weighted by Crippen LogP contribution is -2.40. The molecule has 1 unspecified atom stereocenters. The number of hydrogen-bond donors (Lipinski definition) is 1. The molecule has 2 heterocycles. The molecule has 0 saturated heterocycles. The summed E-state index contributed by atoms with van der Waals surface area (Å²) in [7, 11) is 0. The fourth-order valence-electron chi connectivity index (χ4n) is 4.42. The highest BCUT2D eigenvalue weighted by Crippen LogP contribution is 2.55. The average Bonchev–Trinajstić information content (AvgIpc) is 3.18. The molecule has 0 spiro atoms. The number of nitrogens with one attached hydrogen (secondary N) is 1. The van der Waals surface area contributed by atoms with E-state index in [4.69, 9.17) is 4.74 Å². The molecule has 0 bridgehead atoms. The Hall–Kier alpha value is -1.78. The highest BCUT2D eigenvalue weighted by Gasteiger charge is 2.53. The first kappa shape index (κ1) is 20.0. The summed E-state index contributed by atoms with van der Waals surface area (Å²) in [6, 6.07) is 2.14. The Morgan fingerprint density at radius 2 is 2.11 bits per heavy atom. The molecule has 0 aromatic carbocycles. The minimum absolute atomic E-state index is 0.0240. The predicted molar refractivity (Wildman–Crippen MR) is 110 cm³/mol. The summed E-state index contributed by atoms with van der Waals surface area (Å²) in [6.45, 7) is 13.1. The van der Waals surface area contributed by atoms with Crippen LogP contribution in [-0.4, -0.2) is 36.2 Å². The molecule has 27 heavy (non-hydrogen) atoms. The van der Waals surface area contributed by atoms with E-state index in [1.54, 1.807) is 0 Å². The number of hydrogen-bond acceptors (Lipinski definition) is 5. The van der Waals surface area contributed by atoms with Gasteiger partial charge in [0.1, 0.15) is 11.4 Å². The minimum atomic E-state index is -0.429. The van der Waals surface area contributed by atoms with Gasteiger partial charge in [-0.15, -0.1) is 0 Å². The SMILES string of the molecule is CCCN(CC1(C(CC)C(=O)OC(C)(C)C)CC1)c1ccnc2c1CCN2. The van der Waals surface area contributed by atoms with E-state index in [0.29, 0.717) is 0 Å². The Morgan fingerprint density at radius 3 is 2.70 bits per heavy atom. The van der Waals surface area contributed by atoms with Gasteiger partial charge in [0.25, 0.3) is 0 Å². The first-order chi connectivity index (χ1) is 12.8. The Balaban J connectivity index is 1.82. The van der Waals surface area contributed by atoms with Crippen LogP contribution in [0.25, 0.3) is 0 Å². The van der Waals surface area contributed by atoms with Gasteiger partial charge in [0.2, 0.25) is 0 Å². The summed E-state index contributed by atoms with van der Waals surface area (Å²) < 4.78 is 5.76. The first-order valence-corrected chi connectivity index (χ1v) is 10.5. The van der Waals surface area contributed by atoms with Crippen LogP contribution in [0.1, 0.15) is 65.9 Å². The van der Waals surface area contributed by atoms with Gasteiger partial charge in [0.05, 0.1) is 5.92 Å². The maximum atomic E-state index is 12.9. The molecule has 1 aliphatic heterocycles. The number of fused-ring (bicyclic) bond motifs is 1. The summed E-state index contributed by atoms with van der Waals surface area (Å²) >= 11 is 0. The van der Waals surface area contributed by atoms with Gasteiger partial charge in [0, 0.05) is 42.5 Å². The van der Waals surface area contributed by atoms with Crippen molar-refractivity contribution in [2.45, 2.75) is 72.3 Å². The molecule has 1 aliphatic carbocycles. The lowest BCUT2D eigenvalue weighted by Gasteiger charge is -2.34. The van der Waals surface area contributed by atoms with E-state index in [0.717, 1.165) is 57.6 Å². The molecule has 5 nitrogen and oxygen atoms in total. The van der Waals surface area contributed by atoms with E-state index in [-0.39, 0.29) is 17.3 Å². The molecule has 1 fully saturated rings. The standard InChI is InChI=1S/C22H35N3O2/c1-6-14-25(18-9-13-24-19-16(18)8-12-23-19)15-22(10-11-22)17(7-2)20(26)27-21(3,4)5/h9,13,17H,6-8,10-12,14-15H2,1-5H3,(H,23,24). The first-order valence-electron chi connectivity index (χ1n) is 10.5. The van der Waals surface area contributed by atoms with Crippen LogP contribution in [0, 0.1) is 11.3 Å². The topological polar surface area (TPSA) is 54.5 Å². The summed E-state index contributed by atoms with van der Waals surface area (Å²) in [5.41, 5.74) is 2.24. The van der Waals surface area contributed by atoms with Crippen molar-refractivity contribution in [2.24, 2.45) is 11.3 Å². The normalized spacial score (nSPS) is 18.4. The zero-order chi connectivity index (χ0) is 19.7. The lowest BCUT2D eigenvalue weighted by molar-refractivity contribution is -0.162. The van der Waals surface area contributed by atoms with Crippen LogP contribution in [0.2, 0.25) is 0 Å². The van der Waals surface area contributed by atoms with Crippen molar-refractivity contribution in [3.05, 3.63) is 17.8 Å². The second kappa shape index (κ2) is 7.69. The van der Waals surface area contributed by atoms with E-state index in [1.165, 1.54) is 11.3 Å². The van der Waals surface area contributed by atoms with Crippen molar-refractivity contribution in [3.63, 3.8) is 0 Å². The molecule has 3 rings (SSSR count). The fraction of sp³-hybridized carbons (Fsp3) is 0.727. The zero-order valence-corrected chi connectivity index (χ0v) is 17.6. The molecule has 5 heteroatoms. The van der Waals surface area contributed by atoms with Crippen molar-refractivity contribution in [1.82, 2.24) is 4.98 Å². The molecular formula is C22H35N3O2. The highest BCUT2D eigenvalue weighted by atomic mass is 16.6. The van der Waals surface area contributed by atoms with Crippen LogP contribution < -0.4 is 10.2 Å². The molecule has 1 aromatic rings. The molecule has 0 amide bonds. The van der Waals surface area contributed by atoms with Gasteiger partial charge in [-0.1, -0.05) is 13.8 Å². The van der Waals surface area contributed by atoms with Crippen molar-refractivity contribution in [2.75, 3.05) is 29.9 Å². The summed E-state index contributed by atoms with van der Waals surface area (Å²) in [6.07, 6.45) is 7.07. The second-order valence-corrected chi connectivity index (χ2v) is 9.11. The summed E-state index contributed by atoms with van der Waals surface area (Å²) in [4.78, 5) is 19.9. The Kier molecular flexibility index (Phi) is 5.68. The maximum Gasteiger partial charge on any atom is 0.310 e.